The zero-order valence-electron chi connectivity index (χ0n) is 9.51. The number of halogens is 1. The van der Waals surface area contributed by atoms with Crippen LogP contribution in [0.5, 0.6) is 0 Å². The molecule has 0 radical (unpaired) electrons. The molecule has 0 aliphatic carbocycles. The summed E-state index contributed by atoms with van der Waals surface area (Å²) in [6.07, 6.45) is 0. The standard InChI is InChI=1S/C13H12BrNO2S/c14-11-6-10(7-12(15)8-11)9-18(16,17)13-4-2-1-3-5-13/h1-8H,9,15H2. The predicted octanol–water partition coefficient (Wildman–Crippen LogP) is 3.01. The average Bonchev–Trinajstić information content (AvgIpc) is 2.28. The minimum absolute atomic E-state index is 0.0549. The van der Waals surface area contributed by atoms with Crippen LogP contribution in [0, 0.1) is 0 Å². The van der Waals surface area contributed by atoms with Crippen molar-refractivity contribution in [1.82, 2.24) is 0 Å². The molecule has 0 saturated heterocycles. The summed E-state index contributed by atoms with van der Waals surface area (Å²) in [6.45, 7) is 0. The van der Waals surface area contributed by atoms with Crippen LogP contribution < -0.4 is 5.73 Å². The Morgan fingerprint density at radius 2 is 1.72 bits per heavy atom. The second-order valence-electron chi connectivity index (χ2n) is 3.96. The molecule has 2 N–H and O–H groups in total. The highest BCUT2D eigenvalue weighted by Gasteiger charge is 2.15. The molecule has 94 valence electrons. The Balaban J connectivity index is 2.34. The Labute approximate surface area is 115 Å². The van der Waals surface area contributed by atoms with Crippen LogP contribution in [-0.4, -0.2) is 8.42 Å². The normalized spacial score (nSPS) is 11.4. The Hall–Kier alpha value is -1.33. The summed E-state index contributed by atoms with van der Waals surface area (Å²) in [5.74, 6) is -0.0549. The molecule has 0 spiro atoms. The quantitative estimate of drug-likeness (QED) is 0.882. The van der Waals surface area contributed by atoms with Gasteiger partial charge in [0.2, 0.25) is 0 Å². The van der Waals surface area contributed by atoms with E-state index in [4.69, 9.17) is 5.73 Å². The van der Waals surface area contributed by atoms with E-state index >= 15 is 0 Å². The van der Waals surface area contributed by atoms with Crippen molar-refractivity contribution in [3.63, 3.8) is 0 Å². The molecule has 0 aliphatic heterocycles. The highest BCUT2D eigenvalue weighted by molar-refractivity contribution is 9.10. The van der Waals surface area contributed by atoms with Crippen molar-refractivity contribution in [3.05, 3.63) is 58.6 Å². The molecule has 2 aromatic carbocycles. The summed E-state index contributed by atoms with van der Waals surface area (Å²) in [4.78, 5) is 0.323. The van der Waals surface area contributed by atoms with E-state index in [1.165, 1.54) is 0 Å². The number of hydrogen-bond donors (Lipinski definition) is 1. The number of nitrogens with two attached hydrogens (primary N) is 1. The molecule has 0 saturated carbocycles. The number of anilines is 1. The Bertz CT molecular complexity index is 634. The zero-order valence-corrected chi connectivity index (χ0v) is 11.9. The van der Waals surface area contributed by atoms with Gasteiger partial charge in [0.05, 0.1) is 10.6 Å². The summed E-state index contributed by atoms with van der Waals surface area (Å²) >= 11 is 3.30. The van der Waals surface area contributed by atoms with E-state index in [0.29, 0.717) is 16.1 Å². The largest absolute Gasteiger partial charge is 0.399 e. The molecule has 0 amide bonds. The fraction of sp³-hybridized carbons (Fsp3) is 0.0769. The molecule has 2 aromatic rings. The number of benzene rings is 2. The first-order valence-electron chi connectivity index (χ1n) is 5.30. The lowest BCUT2D eigenvalue weighted by Crippen LogP contribution is -2.05. The predicted molar refractivity (Wildman–Crippen MR) is 75.9 cm³/mol. The van der Waals surface area contributed by atoms with Gasteiger partial charge in [0.1, 0.15) is 0 Å². The SMILES string of the molecule is Nc1cc(Br)cc(CS(=O)(=O)c2ccccc2)c1. The highest BCUT2D eigenvalue weighted by Crippen LogP contribution is 2.21. The van der Waals surface area contributed by atoms with E-state index < -0.39 is 9.84 Å². The van der Waals surface area contributed by atoms with Gasteiger partial charge in [-0.15, -0.1) is 0 Å². The number of nitrogen functional groups attached to an aromatic ring is 1. The van der Waals surface area contributed by atoms with Gasteiger partial charge < -0.3 is 5.73 Å². The first-order chi connectivity index (χ1) is 8.47. The van der Waals surface area contributed by atoms with E-state index in [1.807, 2.05) is 0 Å². The lowest BCUT2D eigenvalue weighted by molar-refractivity contribution is 0.595. The van der Waals surface area contributed by atoms with E-state index in [0.717, 1.165) is 4.47 Å². The monoisotopic (exact) mass is 325 g/mol. The molecule has 0 fully saturated rings. The zero-order chi connectivity index (χ0) is 13.2. The van der Waals surface area contributed by atoms with Crippen molar-refractivity contribution < 1.29 is 8.42 Å². The lowest BCUT2D eigenvalue weighted by Gasteiger charge is -2.06. The molecule has 2 rings (SSSR count). The smallest absolute Gasteiger partial charge is 0.182 e. The third kappa shape index (κ3) is 3.11. The average molecular weight is 326 g/mol. The second-order valence-corrected chi connectivity index (χ2v) is 6.87. The Morgan fingerprint density at radius 3 is 2.33 bits per heavy atom. The van der Waals surface area contributed by atoms with Gasteiger partial charge in [-0.1, -0.05) is 34.1 Å². The summed E-state index contributed by atoms with van der Waals surface area (Å²) in [6, 6.07) is 13.6. The van der Waals surface area contributed by atoms with Gasteiger partial charge in [0, 0.05) is 10.2 Å². The van der Waals surface area contributed by atoms with Crippen LogP contribution in [0.1, 0.15) is 5.56 Å². The molecule has 0 unspecified atom stereocenters. The minimum atomic E-state index is -3.32. The third-order valence-corrected chi connectivity index (χ3v) is 4.60. The van der Waals surface area contributed by atoms with Crippen LogP contribution >= 0.6 is 15.9 Å². The molecular weight excluding hydrogens is 314 g/mol. The van der Waals surface area contributed by atoms with Gasteiger partial charge in [-0.2, -0.15) is 0 Å². The number of hydrogen-bond acceptors (Lipinski definition) is 3. The van der Waals surface area contributed by atoms with Crippen LogP contribution in [-0.2, 0) is 15.6 Å². The third-order valence-electron chi connectivity index (χ3n) is 2.44. The van der Waals surface area contributed by atoms with E-state index in [1.54, 1.807) is 48.5 Å². The molecule has 0 aromatic heterocycles. The van der Waals surface area contributed by atoms with E-state index in [-0.39, 0.29) is 5.75 Å². The summed E-state index contributed by atoms with van der Waals surface area (Å²) in [5.41, 5.74) is 6.91. The van der Waals surface area contributed by atoms with Crippen LogP contribution in [0.15, 0.2) is 57.9 Å². The van der Waals surface area contributed by atoms with Crippen LogP contribution in [0.4, 0.5) is 5.69 Å². The van der Waals surface area contributed by atoms with Crippen molar-refractivity contribution in [2.75, 3.05) is 5.73 Å². The van der Waals surface area contributed by atoms with Gasteiger partial charge in [0.15, 0.2) is 9.84 Å². The molecular formula is C13H12BrNO2S. The summed E-state index contributed by atoms with van der Waals surface area (Å²) < 4.78 is 25.1. The molecule has 0 heterocycles. The molecule has 18 heavy (non-hydrogen) atoms. The molecule has 0 atom stereocenters. The van der Waals surface area contributed by atoms with Crippen molar-refractivity contribution >= 4 is 31.5 Å². The molecule has 0 bridgehead atoms. The van der Waals surface area contributed by atoms with Crippen molar-refractivity contribution in [2.45, 2.75) is 10.6 Å². The highest BCUT2D eigenvalue weighted by atomic mass is 79.9. The van der Waals surface area contributed by atoms with Gasteiger partial charge >= 0.3 is 0 Å². The summed E-state index contributed by atoms with van der Waals surface area (Å²) in [7, 11) is -3.32. The maximum absolute atomic E-state index is 12.2. The van der Waals surface area contributed by atoms with Crippen molar-refractivity contribution in [3.8, 4) is 0 Å². The second kappa shape index (κ2) is 5.12. The topological polar surface area (TPSA) is 60.2 Å². The molecule has 0 aliphatic rings. The Kier molecular flexibility index (Phi) is 3.73. The number of rotatable bonds is 3. The fourth-order valence-electron chi connectivity index (χ4n) is 1.69. The number of sulfone groups is 1. The first-order valence-corrected chi connectivity index (χ1v) is 7.75. The molecule has 5 heteroatoms. The van der Waals surface area contributed by atoms with Crippen LogP contribution in [0.2, 0.25) is 0 Å². The van der Waals surface area contributed by atoms with Gasteiger partial charge in [0.25, 0.3) is 0 Å². The lowest BCUT2D eigenvalue weighted by atomic mass is 10.2. The van der Waals surface area contributed by atoms with Gasteiger partial charge in [-0.3, -0.25) is 0 Å². The van der Waals surface area contributed by atoms with Crippen LogP contribution in [0.3, 0.4) is 0 Å². The van der Waals surface area contributed by atoms with Gasteiger partial charge in [-0.05, 0) is 35.9 Å². The first kappa shape index (κ1) is 13.1. The van der Waals surface area contributed by atoms with E-state index in [9.17, 15) is 8.42 Å². The van der Waals surface area contributed by atoms with Crippen molar-refractivity contribution in [1.29, 1.82) is 0 Å². The van der Waals surface area contributed by atoms with Crippen molar-refractivity contribution in [2.24, 2.45) is 0 Å². The maximum Gasteiger partial charge on any atom is 0.182 e. The summed E-state index contributed by atoms with van der Waals surface area (Å²) in [5, 5.41) is 0. The molecule has 3 nitrogen and oxygen atoms in total. The Morgan fingerprint density at radius 1 is 1.06 bits per heavy atom. The minimum Gasteiger partial charge on any atom is -0.399 e. The van der Waals surface area contributed by atoms with Gasteiger partial charge in [-0.25, -0.2) is 8.42 Å². The van der Waals surface area contributed by atoms with E-state index in [2.05, 4.69) is 15.9 Å². The van der Waals surface area contributed by atoms with Crippen LogP contribution in [0.25, 0.3) is 0 Å². The fourth-order valence-corrected chi connectivity index (χ4v) is 3.59. The maximum atomic E-state index is 12.2.